The molecular weight excluding hydrogens is 433 g/mol. The molecule has 2 aromatic carbocycles. The van der Waals surface area contributed by atoms with E-state index >= 15 is 0 Å². The molecule has 0 fully saturated rings. The van der Waals surface area contributed by atoms with Crippen LogP contribution in [0.15, 0.2) is 46.8 Å². The third-order valence-corrected chi connectivity index (χ3v) is 5.56. The number of hydrogen-bond acceptors (Lipinski definition) is 9. The van der Waals surface area contributed by atoms with E-state index in [0.717, 1.165) is 29.6 Å². The van der Waals surface area contributed by atoms with Gasteiger partial charge in [0, 0.05) is 11.8 Å². The molecule has 0 spiro atoms. The van der Waals surface area contributed by atoms with Crippen molar-refractivity contribution in [3.05, 3.63) is 58.4 Å². The molecule has 0 saturated heterocycles. The quantitative estimate of drug-likeness (QED) is 0.279. The number of benzene rings is 2. The number of carbonyl (C=O) groups is 1. The fourth-order valence-corrected chi connectivity index (χ4v) is 3.90. The summed E-state index contributed by atoms with van der Waals surface area (Å²) in [5.41, 5.74) is 0.191. The minimum Gasteiger partial charge on any atom is -0.492 e. The molecule has 1 heterocycles. The number of aromatic nitrogens is 2. The molecule has 0 saturated carbocycles. The first-order chi connectivity index (χ1) is 14.5. The summed E-state index contributed by atoms with van der Waals surface area (Å²) in [4.78, 5) is 22.0. The van der Waals surface area contributed by atoms with Gasteiger partial charge in [-0.3, -0.25) is 14.9 Å². The summed E-state index contributed by atoms with van der Waals surface area (Å²) in [7, 11) is 0. The molecule has 0 bridgehead atoms. The van der Waals surface area contributed by atoms with Gasteiger partial charge in [-0.1, -0.05) is 35.2 Å². The van der Waals surface area contributed by atoms with Crippen LogP contribution in [0.25, 0.3) is 0 Å². The maximum Gasteiger partial charge on any atom is 0.306 e. The number of nitrogens with zero attached hydrogens (tertiary/aromatic N) is 3. The summed E-state index contributed by atoms with van der Waals surface area (Å²) >= 11 is 2.43. The lowest BCUT2D eigenvalue weighted by Gasteiger charge is -2.09. The number of ether oxygens (including phenoxy) is 1. The van der Waals surface area contributed by atoms with Crippen molar-refractivity contribution in [2.24, 2.45) is 0 Å². The number of carbonyl (C=O) groups excluding carboxylic acids is 1. The van der Waals surface area contributed by atoms with E-state index < -0.39 is 22.3 Å². The SMILES string of the molecule is CCOc1ccccc1Nc1nnc(SCC(=O)Nc2ccc(F)c([N+](=O)[O-])c2)s1. The molecule has 9 nitrogen and oxygen atoms in total. The van der Waals surface area contributed by atoms with Crippen molar-refractivity contribution in [1.82, 2.24) is 10.2 Å². The lowest BCUT2D eigenvalue weighted by Crippen LogP contribution is -2.14. The van der Waals surface area contributed by atoms with Gasteiger partial charge in [-0.05, 0) is 31.2 Å². The highest BCUT2D eigenvalue weighted by atomic mass is 32.2. The van der Waals surface area contributed by atoms with Crippen LogP contribution in [0.5, 0.6) is 5.75 Å². The molecule has 156 valence electrons. The fourth-order valence-electron chi connectivity index (χ4n) is 2.34. The minimum atomic E-state index is -0.966. The van der Waals surface area contributed by atoms with Gasteiger partial charge in [0.15, 0.2) is 4.34 Å². The Morgan fingerprint density at radius 1 is 1.30 bits per heavy atom. The molecule has 12 heteroatoms. The average Bonchev–Trinajstić information content (AvgIpc) is 3.17. The smallest absolute Gasteiger partial charge is 0.306 e. The second kappa shape index (κ2) is 9.98. The van der Waals surface area contributed by atoms with E-state index in [2.05, 4.69) is 20.8 Å². The molecule has 3 aromatic rings. The highest BCUT2D eigenvalue weighted by Gasteiger charge is 2.16. The molecule has 2 N–H and O–H groups in total. The fraction of sp³-hybridized carbons (Fsp3) is 0.167. The Morgan fingerprint density at radius 3 is 2.87 bits per heavy atom. The van der Waals surface area contributed by atoms with E-state index in [1.807, 2.05) is 31.2 Å². The normalized spacial score (nSPS) is 10.5. The number of hydrogen-bond donors (Lipinski definition) is 2. The Kier molecular flexibility index (Phi) is 7.14. The van der Waals surface area contributed by atoms with Crippen LogP contribution < -0.4 is 15.4 Å². The Balaban J connectivity index is 1.56. The van der Waals surface area contributed by atoms with Crippen LogP contribution in [0.3, 0.4) is 0 Å². The van der Waals surface area contributed by atoms with Gasteiger partial charge < -0.3 is 15.4 Å². The van der Waals surface area contributed by atoms with Gasteiger partial charge >= 0.3 is 5.69 Å². The Bertz CT molecular complexity index is 1060. The maximum absolute atomic E-state index is 13.4. The van der Waals surface area contributed by atoms with E-state index in [4.69, 9.17) is 4.74 Å². The third kappa shape index (κ3) is 5.64. The first-order valence-corrected chi connectivity index (χ1v) is 10.5. The molecule has 1 amide bonds. The maximum atomic E-state index is 13.4. The monoisotopic (exact) mass is 449 g/mol. The molecule has 0 atom stereocenters. The summed E-state index contributed by atoms with van der Waals surface area (Å²) < 4.78 is 19.5. The number of para-hydroxylation sites is 2. The number of anilines is 3. The van der Waals surface area contributed by atoms with E-state index in [1.165, 1.54) is 17.4 Å². The number of nitro groups is 1. The number of nitrogens with one attached hydrogen (secondary N) is 2. The van der Waals surface area contributed by atoms with Crippen LogP contribution in [0.4, 0.5) is 26.6 Å². The molecule has 1 aromatic heterocycles. The number of amides is 1. The molecule has 0 unspecified atom stereocenters. The van der Waals surface area contributed by atoms with Crippen LogP contribution in [-0.2, 0) is 4.79 Å². The molecular formula is C18H16FN5O4S2. The van der Waals surface area contributed by atoms with Gasteiger partial charge in [-0.25, -0.2) is 0 Å². The van der Waals surface area contributed by atoms with E-state index in [9.17, 15) is 19.3 Å². The molecule has 0 radical (unpaired) electrons. The van der Waals surface area contributed by atoms with Crippen molar-refractivity contribution >= 4 is 51.2 Å². The minimum absolute atomic E-state index is 0.00927. The van der Waals surface area contributed by atoms with Crippen LogP contribution in [0.1, 0.15) is 6.92 Å². The van der Waals surface area contributed by atoms with Crippen molar-refractivity contribution in [3.63, 3.8) is 0 Å². The zero-order valence-corrected chi connectivity index (χ0v) is 17.3. The van der Waals surface area contributed by atoms with Crippen molar-refractivity contribution in [2.75, 3.05) is 23.0 Å². The van der Waals surface area contributed by atoms with Gasteiger partial charge in [0.2, 0.25) is 16.9 Å². The van der Waals surface area contributed by atoms with Crippen molar-refractivity contribution in [2.45, 2.75) is 11.3 Å². The van der Waals surface area contributed by atoms with Crippen molar-refractivity contribution in [3.8, 4) is 5.75 Å². The van der Waals surface area contributed by atoms with Crippen LogP contribution in [0, 0.1) is 15.9 Å². The summed E-state index contributed by atoms with van der Waals surface area (Å²) in [6.45, 7) is 2.42. The Morgan fingerprint density at radius 2 is 2.10 bits per heavy atom. The summed E-state index contributed by atoms with van der Waals surface area (Å²) in [6.07, 6.45) is 0. The lowest BCUT2D eigenvalue weighted by molar-refractivity contribution is -0.387. The second-order valence-corrected chi connectivity index (χ2v) is 7.89. The first kappa shape index (κ1) is 21.5. The average molecular weight is 449 g/mol. The topological polar surface area (TPSA) is 119 Å². The second-order valence-electron chi connectivity index (χ2n) is 5.69. The zero-order chi connectivity index (χ0) is 21.5. The molecule has 3 rings (SSSR count). The summed E-state index contributed by atoms with van der Waals surface area (Å²) in [6, 6.07) is 10.6. The van der Waals surface area contributed by atoms with E-state index in [1.54, 1.807) is 0 Å². The van der Waals surface area contributed by atoms with Crippen LogP contribution >= 0.6 is 23.1 Å². The molecule has 0 aliphatic carbocycles. The van der Waals surface area contributed by atoms with Crippen molar-refractivity contribution < 1.29 is 18.8 Å². The number of nitro benzene ring substituents is 1. The van der Waals surface area contributed by atoms with Gasteiger partial charge in [0.05, 0.1) is 23.0 Å². The Labute approximate surface area is 178 Å². The van der Waals surface area contributed by atoms with Gasteiger partial charge in [-0.2, -0.15) is 4.39 Å². The van der Waals surface area contributed by atoms with Gasteiger partial charge in [-0.15, -0.1) is 10.2 Å². The van der Waals surface area contributed by atoms with E-state index in [0.29, 0.717) is 21.8 Å². The summed E-state index contributed by atoms with van der Waals surface area (Å²) in [5, 5.41) is 25.0. The van der Waals surface area contributed by atoms with Gasteiger partial charge in [0.1, 0.15) is 5.75 Å². The summed E-state index contributed by atoms with van der Waals surface area (Å²) in [5.74, 6) is -0.674. The standard InChI is InChI=1S/C18H16FN5O4S2/c1-2-28-15-6-4-3-5-13(15)21-17-22-23-18(30-17)29-10-16(25)20-11-7-8-12(19)14(9-11)24(26)27/h3-9H,2,10H2,1H3,(H,20,25)(H,21,22). The third-order valence-electron chi connectivity index (χ3n) is 3.59. The Hall–Kier alpha value is -3.25. The van der Waals surface area contributed by atoms with Crippen LogP contribution in [0.2, 0.25) is 0 Å². The highest BCUT2D eigenvalue weighted by molar-refractivity contribution is 8.01. The molecule has 30 heavy (non-hydrogen) atoms. The predicted molar refractivity (Wildman–Crippen MR) is 113 cm³/mol. The lowest BCUT2D eigenvalue weighted by atomic mass is 10.2. The zero-order valence-electron chi connectivity index (χ0n) is 15.6. The number of thioether (sulfide) groups is 1. The number of halogens is 1. The highest BCUT2D eigenvalue weighted by Crippen LogP contribution is 2.31. The largest absolute Gasteiger partial charge is 0.492 e. The predicted octanol–water partition coefficient (Wildman–Crippen LogP) is 4.46. The molecule has 0 aliphatic rings. The molecule has 0 aliphatic heterocycles. The van der Waals surface area contributed by atoms with E-state index in [-0.39, 0.29) is 11.4 Å². The van der Waals surface area contributed by atoms with Gasteiger partial charge in [0.25, 0.3) is 0 Å². The van der Waals surface area contributed by atoms with Crippen LogP contribution in [-0.4, -0.2) is 33.4 Å². The first-order valence-electron chi connectivity index (χ1n) is 8.65. The van der Waals surface area contributed by atoms with Crippen molar-refractivity contribution in [1.29, 1.82) is 0 Å². The number of rotatable bonds is 9.